The first kappa shape index (κ1) is 19.4. The Morgan fingerprint density at radius 2 is 1.88 bits per heavy atom. The Hall–Kier alpha value is -2.93. The van der Waals surface area contributed by atoms with Crippen molar-refractivity contribution >= 4 is 12.0 Å². The number of carboxylic acids is 1. The van der Waals surface area contributed by atoms with Crippen molar-refractivity contribution in [1.82, 2.24) is 0 Å². The van der Waals surface area contributed by atoms with Crippen LogP contribution in [0, 0.1) is 17.1 Å². The average Bonchev–Trinajstić information content (AvgIpc) is 2.65. The first-order valence-electron chi connectivity index (χ1n) is 8.81. The van der Waals surface area contributed by atoms with E-state index in [2.05, 4.69) is 13.0 Å². The highest BCUT2D eigenvalue weighted by atomic mass is 19.1. The second kappa shape index (κ2) is 9.53. The summed E-state index contributed by atoms with van der Waals surface area (Å²) in [6, 6.07) is 11.2. The highest BCUT2D eigenvalue weighted by Gasteiger charge is 2.19. The summed E-state index contributed by atoms with van der Waals surface area (Å²) in [6.07, 6.45) is 10.0. The molecule has 0 saturated heterocycles. The number of carbonyl (C=O) groups is 1. The second-order valence-corrected chi connectivity index (χ2v) is 6.14. The minimum Gasteiger partial charge on any atom is -0.478 e. The zero-order chi connectivity index (χ0) is 18.9. The van der Waals surface area contributed by atoms with Gasteiger partial charge in [-0.25, -0.2) is 9.18 Å². The van der Waals surface area contributed by atoms with Crippen molar-refractivity contribution in [2.45, 2.75) is 39.0 Å². The molecule has 2 aromatic carbocycles. The van der Waals surface area contributed by atoms with Crippen molar-refractivity contribution in [3.63, 3.8) is 0 Å². The number of nitrogens with zero attached hydrogens (tertiary/aromatic N) is 1. The summed E-state index contributed by atoms with van der Waals surface area (Å²) in [4.78, 5) is 11.4. The van der Waals surface area contributed by atoms with Crippen LogP contribution in [0.2, 0.25) is 0 Å². The number of aromatic carboxylic acids is 1. The van der Waals surface area contributed by atoms with Gasteiger partial charge in [-0.15, -0.1) is 0 Å². The zero-order valence-electron chi connectivity index (χ0n) is 14.8. The summed E-state index contributed by atoms with van der Waals surface area (Å²) in [5.41, 5.74) is 1.04. The summed E-state index contributed by atoms with van der Waals surface area (Å²) in [5, 5.41) is 18.3. The molecule has 1 N–H and O–H groups in total. The Morgan fingerprint density at radius 1 is 1.15 bits per heavy atom. The standard InChI is InChI=1S/C22H22FNO2/c1-2-3-4-5-6-7-8-16-9-11-17(12-10-16)20-19(22(25)26)14-13-18(15-24)21(20)23/h7-14H,2-6H2,1H3,(H,25,26)/b8-7+. The molecule has 0 bridgehead atoms. The average molecular weight is 351 g/mol. The van der Waals surface area contributed by atoms with Gasteiger partial charge in [0.05, 0.1) is 11.1 Å². The monoisotopic (exact) mass is 351 g/mol. The summed E-state index contributed by atoms with van der Waals surface area (Å²) < 4.78 is 14.5. The number of nitriles is 1. The fraction of sp³-hybridized carbons (Fsp3) is 0.273. The number of benzene rings is 2. The van der Waals surface area contributed by atoms with Gasteiger partial charge in [-0.05, 0) is 36.1 Å². The molecular formula is C22H22FNO2. The van der Waals surface area contributed by atoms with E-state index in [4.69, 9.17) is 5.26 Å². The number of carboxylic acid groups (broad SMARTS) is 1. The molecule has 0 heterocycles. The van der Waals surface area contributed by atoms with Crippen LogP contribution in [-0.2, 0) is 0 Å². The Balaban J connectivity index is 2.22. The lowest BCUT2D eigenvalue weighted by molar-refractivity contribution is 0.0697. The lowest BCUT2D eigenvalue weighted by atomic mass is 9.95. The molecule has 2 aromatic rings. The van der Waals surface area contributed by atoms with Crippen LogP contribution in [0.15, 0.2) is 42.5 Å². The summed E-state index contributed by atoms with van der Waals surface area (Å²) in [7, 11) is 0. The minimum absolute atomic E-state index is 0.0494. The maximum Gasteiger partial charge on any atom is 0.336 e. The summed E-state index contributed by atoms with van der Waals surface area (Å²) >= 11 is 0. The topological polar surface area (TPSA) is 61.1 Å². The van der Waals surface area contributed by atoms with Crippen LogP contribution in [0.3, 0.4) is 0 Å². The molecule has 0 aliphatic carbocycles. The quantitative estimate of drug-likeness (QED) is 0.589. The first-order chi connectivity index (χ1) is 12.6. The highest BCUT2D eigenvalue weighted by molar-refractivity contribution is 5.96. The lowest BCUT2D eigenvalue weighted by Gasteiger charge is -2.09. The molecule has 0 atom stereocenters. The van der Waals surface area contributed by atoms with Gasteiger partial charge in [-0.1, -0.05) is 62.6 Å². The molecule has 0 aliphatic rings. The fourth-order valence-corrected chi connectivity index (χ4v) is 2.79. The van der Waals surface area contributed by atoms with Gasteiger partial charge in [0.2, 0.25) is 0 Å². The summed E-state index contributed by atoms with van der Waals surface area (Å²) in [5.74, 6) is -2.02. The predicted octanol–water partition coefficient (Wildman–Crippen LogP) is 6.05. The largest absolute Gasteiger partial charge is 0.478 e. The minimum atomic E-state index is -1.22. The first-order valence-corrected chi connectivity index (χ1v) is 8.81. The van der Waals surface area contributed by atoms with Gasteiger partial charge < -0.3 is 5.11 Å². The number of unbranched alkanes of at least 4 members (excludes halogenated alkanes) is 4. The van der Waals surface area contributed by atoms with Crippen molar-refractivity contribution in [2.75, 3.05) is 0 Å². The molecule has 0 spiro atoms. The zero-order valence-corrected chi connectivity index (χ0v) is 14.8. The van der Waals surface area contributed by atoms with Crippen LogP contribution in [-0.4, -0.2) is 11.1 Å². The molecular weight excluding hydrogens is 329 g/mol. The molecule has 0 saturated carbocycles. The molecule has 4 heteroatoms. The van der Waals surface area contributed by atoms with E-state index in [1.807, 2.05) is 18.2 Å². The van der Waals surface area contributed by atoms with Gasteiger partial charge in [0.25, 0.3) is 0 Å². The maximum absolute atomic E-state index is 14.5. The number of hydrogen-bond acceptors (Lipinski definition) is 2. The van der Waals surface area contributed by atoms with Crippen molar-refractivity contribution in [2.24, 2.45) is 0 Å². The fourth-order valence-electron chi connectivity index (χ4n) is 2.79. The van der Waals surface area contributed by atoms with Crippen LogP contribution in [0.25, 0.3) is 17.2 Å². The van der Waals surface area contributed by atoms with Crippen LogP contribution < -0.4 is 0 Å². The molecule has 0 unspecified atom stereocenters. The van der Waals surface area contributed by atoms with E-state index < -0.39 is 11.8 Å². The maximum atomic E-state index is 14.5. The normalized spacial score (nSPS) is 10.8. The molecule has 0 radical (unpaired) electrons. The van der Waals surface area contributed by atoms with E-state index in [9.17, 15) is 14.3 Å². The van der Waals surface area contributed by atoms with Gasteiger partial charge in [-0.2, -0.15) is 5.26 Å². The van der Waals surface area contributed by atoms with E-state index in [0.717, 1.165) is 18.4 Å². The van der Waals surface area contributed by atoms with Crippen LogP contribution in [0.4, 0.5) is 4.39 Å². The van der Waals surface area contributed by atoms with Crippen molar-refractivity contribution in [1.29, 1.82) is 5.26 Å². The van der Waals surface area contributed by atoms with Crippen molar-refractivity contribution in [3.8, 4) is 17.2 Å². The Morgan fingerprint density at radius 3 is 2.50 bits per heavy atom. The van der Waals surface area contributed by atoms with Crippen LogP contribution in [0.5, 0.6) is 0 Å². The van der Waals surface area contributed by atoms with E-state index >= 15 is 0 Å². The highest BCUT2D eigenvalue weighted by Crippen LogP contribution is 2.29. The smallest absolute Gasteiger partial charge is 0.336 e. The van der Waals surface area contributed by atoms with Gasteiger partial charge in [0.1, 0.15) is 11.9 Å². The molecule has 0 aliphatic heterocycles. The third-order valence-electron chi connectivity index (χ3n) is 4.23. The van der Waals surface area contributed by atoms with E-state index in [1.165, 1.54) is 31.4 Å². The molecule has 2 rings (SSSR count). The van der Waals surface area contributed by atoms with Crippen LogP contribution >= 0.6 is 0 Å². The second-order valence-electron chi connectivity index (χ2n) is 6.14. The molecule has 0 amide bonds. The molecule has 134 valence electrons. The SMILES string of the molecule is CCCCCC/C=C/c1ccc(-c2c(C(=O)O)ccc(C#N)c2F)cc1. The molecule has 26 heavy (non-hydrogen) atoms. The van der Waals surface area contributed by atoms with Gasteiger partial charge in [0.15, 0.2) is 0 Å². The van der Waals surface area contributed by atoms with Gasteiger partial charge >= 0.3 is 5.97 Å². The van der Waals surface area contributed by atoms with Crippen molar-refractivity contribution < 1.29 is 14.3 Å². The van der Waals surface area contributed by atoms with Gasteiger partial charge in [-0.3, -0.25) is 0 Å². The van der Waals surface area contributed by atoms with Crippen LogP contribution in [0.1, 0.15) is 60.5 Å². The molecule has 3 nitrogen and oxygen atoms in total. The number of halogens is 1. The molecule has 0 fully saturated rings. The van der Waals surface area contributed by atoms with Crippen molar-refractivity contribution in [3.05, 3.63) is 65.0 Å². The third-order valence-corrected chi connectivity index (χ3v) is 4.23. The molecule has 0 aromatic heterocycles. The van der Waals surface area contributed by atoms with Gasteiger partial charge in [0, 0.05) is 5.56 Å². The number of rotatable bonds is 8. The van der Waals surface area contributed by atoms with E-state index in [-0.39, 0.29) is 16.7 Å². The number of hydrogen-bond donors (Lipinski definition) is 1. The predicted molar refractivity (Wildman–Crippen MR) is 101 cm³/mol. The number of allylic oxidation sites excluding steroid dienone is 1. The Kier molecular flexibility index (Phi) is 7.11. The summed E-state index contributed by atoms with van der Waals surface area (Å²) in [6.45, 7) is 2.18. The van der Waals surface area contributed by atoms with E-state index in [0.29, 0.717) is 5.56 Å². The Bertz CT molecular complexity index is 832. The lowest BCUT2D eigenvalue weighted by Crippen LogP contribution is -2.03. The van der Waals surface area contributed by atoms with E-state index in [1.54, 1.807) is 18.2 Å². The third kappa shape index (κ3) is 4.80. The Labute approximate surface area is 153 Å².